The molecule has 0 aliphatic heterocycles. The van der Waals surface area contributed by atoms with Crippen molar-refractivity contribution in [1.82, 2.24) is 10.2 Å². The highest BCUT2D eigenvalue weighted by Crippen LogP contribution is 2.26. The zero-order chi connectivity index (χ0) is 19.5. The standard InChI is InChI=1S/C22H20N4OS/c1-14-10-21-18(13-20(14)24-22(27)12-17-6-3-9-28-17)19(25-26-21)8-7-15-4-2-5-16(23)11-15/h2-11,13H,12,23H2,1H3,(H,24,27)(H,25,26)/b8-7+. The molecule has 5 nitrogen and oxygen atoms in total. The number of benzene rings is 2. The summed E-state index contributed by atoms with van der Waals surface area (Å²) >= 11 is 1.58. The van der Waals surface area contributed by atoms with Crippen molar-refractivity contribution in [2.75, 3.05) is 11.1 Å². The molecule has 4 aromatic rings. The summed E-state index contributed by atoms with van der Waals surface area (Å²) in [7, 11) is 0. The number of nitrogens with one attached hydrogen (secondary N) is 2. The van der Waals surface area contributed by atoms with E-state index in [0.717, 1.165) is 44.0 Å². The molecule has 2 heterocycles. The van der Waals surface area contributed by atoms with Gasteiger partial charge in [0.25, 0.3) is 0 Å². The van der Waals surface area contributed by atoms with E-state index in [1.165, 1.54) is 0 Å². The number of aromatic nitrogens is 2. The van der Waals surface area contributed by atoms with Crippen molar-refractivity contribution in [3.05, 3.63) is 75.6 Å². The molecule has 0 saturated carbocycles. The average molecular weight is 388 g/mol. The van der Waals surface area contributed by atoms with E-state index >= 15 is 0 Å². The van der Waals surface area contributed by atoms with Gasteiger partial charge >= 0.3 is 0 Å². The van der Waals surface area contributed by atoms with Crippen LogP contribution < -0.4 is 11.1 Å². The predicted octanol–water partition coefficient (Wildman–Crippen LogP) is 4.87. The monoisotopic (exact) mass is 388 g/mol. The summed E-state index contributed by atoms with van der Waals surface area (Å²) in [6, 6.07) is 15.6. The van der Waals surface area contributed by atoms with Gasteiger partial charge in [0.05, 0.1) is 17.6 Å². The maximum absolute atomic E-state index is 12.4. The molecule has 4 N–H and O–H groups in total. The van der Waals surface area contributed by atoms with Gasteiger partial charge in [0.2, 0.25) is 5.91 Å². The molecule has 0 radical (unpaired) electrons. The first-order valence-corrected chi connectivity index (χ1v) is 9.81. The normalized spacial score (nSPS) is 11.3. The van der Waals surface area contributed by atoms with Crippen LogP contribution in [0.25, 0.3) is 23.1 Å². The van der Waals surface area contributed by atoms with E-state index in [9.17, 15) is 4.79 Å². The van der Waals surface area contributed by atoms with Crippen LogP contribution in [-0.2, 0) is 11.2 Å². The largest absolute Gasteiger partial charge is 0.399 e. The fraction of sp³-hybridized carbons (Fsp3) is 0.0909. The molecule has 0 saturated heterocycles. The quantitative estimate of drug-likeness (QED) is 0.427. The number of rotatable bonds is 5. The lowest BCUT2D eigenvalue weighted by atomic mass is 10.1. The van der Waals surface area contributed by atoms with Crippen molar-refractivity contribution < 1.29 is 4.79 Å². The number of amides is 1. The Morgan fingerprint density at radius 2 is 2.11 bits per heavy atom. The maximum Gasteiger partial charge on any atom is 0.229 e. The van der Waals surface area contributed by atoms with E-state index in [1.807, 2.05) is 73.0 Å². The number of carbonyl (C=O) groups is 1. The molecule has 0 aliphatic rings. The van der Waals surface area contributed by atoms with Gasteiger partial charge in [-0.15, -0.1) is 11.3 Å². The van der Waals surface area contributed by atoms with Crippen molar-refractivity contribution in [2.24, 2.45) is 0 Å². The number of nitrogens with zero attached hydrogens (tertiary/aromatic N) is 1. The second-order valence-electron chi connectivity index (χ2n) is 6.63. The number of hydrogen-bond acceptors (Lipinski definition) is 4. The highest BCUT2D eigenvalue weighted by atomic mass is 32.1. The Hall–Kier alpha value is -3.38. The number of nitrogens with two attached hydrogens (primary N) is 1. The van der Waals surface area contributed by atoms with Crippen LogP contribution >= 0.6 is 11.3 Å². The van der Waals surface area contributed by atoms with Gasteiger partial charge in [-0.3, -0.25) is 9.89 Å². The Morgan fingerprint density at radius 3 is 2.89 bits per heavy atom. The van der Waals surface area contributed by atoms with E-state index < -0.39 is 0 Å². The fourth-order valence-corrected chi connectivity index (χ4v) is 3.76. The second kappa shape index (κ2) is 7.70. The predicted molar refractivity (Wildman–Crippen MR) is 117 cm³/mol. The molecule has 0 aliphatic carbocycles. The van der Waals surface area contributed by atoms with Crippen molar-refractivity contribution in [1.29, 1.82) is 0 Å². The van der Waals surface area contributed by atoms with E-state index in [0.29, 0.717) is 6.42 Å². The fourth-order valence-electron chi connectivity index (χ4n) is 3.06. The first-order valence-electron chi connectivity index (χ1n) is 8.93. The molecule has 0 atom stereocenters. The summed E-state index contributed by atoms with van der Waals surface area (Å²) in [4.78, 5) is 13.4. The summed E-state index contributed by atoms with van der Waals surface area (Å²) in [5.74, 6) is -0.0229. The van der Waals surface area contributed by atoms with Crippen molar-refractivity contribution in [3.8, 4) is 0 Å². The van der Waals surface area contributed by atoms with Gasteiger partial charge in [-0.1, -0.05) is 24.3 Å². The van der Waals surface area contributed by atoms with Crippen LogP contribution in [0.15, 0.2) is 53.9 Å². The van der Waals surface area contributed by atoms with Crippen LogP contribution in [0.1, 0.15) is 21.7 Å². The third-order valence-electron chi connectivity index (χ3n) is 4.47. The van der Waals surface area contributed by atoms with Gasteiger partial charge in [-0.25, -0.2) is 0 Å². The SMILES string of the molecule is Cc1cc2[nH]nc(/C=C/c3cccc(N)c3)c2cc1NC(=O)Cc1cccs1. The zero-order valence-corrected chi connectivity index (χ0v) is 16.2. The molecular formula is C22H20N4OS. The number of fused-ring (bicyclic) bond motifs is 1. The number of hydrogen-bond donors (Lipinski definition) is 3. The van der Waals surface area contributed by atoms with Gasteiger partial charge in [0.1, 0.15) is 0 Å². The van der Waals surface area contributed by atoms with Crippen LogP contribution in [0, 0.1) is 6.92 Å². The average Bonchev–Trinajstić information content (AvgIpc) is 3.30. The lowest BCUT2D eigenvalue weighted by Gasteiger charge is -2.08. The van der Waals surface area contributed by atoms with Crippen LogP contribution in [-0.4, -0.2) is 16.1 Å². The number of H-pyrrole nitrogens is 1. The minimum absolute atomic E-state index is 0.0229. The topological polar surface area (TPSA) is 83.8 Å². The highest BCUT2D eigenvalue weighted by molar-refractivity contribution is 7.10. The first-order chi connectivity index (χ1) is 13.6. The summed E-state index contributed by atoms with van der Waals surface area (Å²) in [6.45, 7) is 1.98. The summed E-state index contributed by atoms with van der Waals surface area (Å²) in [5.41, 5.74) is 11.1. The summed E-state index contributed by atoms with van der Waals surface area (Å²) in [6.07, 6.45) is 4.30. The van der Waals surface area contributed by atoms with Crippen LogP contribution in [0.3, 0.4) is 0 Å². The Labute approximate surface area is 166 Å². The number of thiophene rings is 1. The molecule has 0 bridgehead atoms. The molecule has 1 amide bonds. The minimum Gasteiger partial charge on any atom is -0.399 e. The van der Waals surface area contributed by atoms with Crippen LogP contribution in [0.5, 0.6) is 0 Å². The Kier molecular flexibility index (Phi) is 4.95. The van der Waals surface area contributed by atoms with Crippen molar-refractivity contribution in [3.63, 3.8) is 0 Å². The summed E-state index contributed by atoms with van der Waals surface area (Å²) in [5, 5.41) is 13.4. The van der Waals surface area contributed by atoms with Gasteiger partial charge < -0.3 is 11.1 Å². The summed E-state index contributed by atoms with van der Waals surface area (Å²) < 4.78 is 0. The van der Waals surface area contributed by atoms with E-state index in [2.05, 4.69) is 15.5 Å². The molecule has 4 rings (SSSR count). The third kappa shape index (κ3) is 3.97. The molecule has 0 unspecified atom stereocenters. The number of aryl methyl sites for hydroxylation is 1. The number of nitrogen functional groups attached to an aromatic ring is 1. The van der Waals surface area contributed by atoms with Crippen molar-refractivity contribution >= 4 is 51.7 Å². The third-order valence-corrected chi connectivity index (χ3v) is 5.35. The van der Waals surface area contributed by atoms with E-state index in [4.69, 9.17) is 5.73 Å². The second-order valence-corrected chi connectivity index (χ2v) is 7.66. The maximum atomic E-state index is 12.4. The lowest BCUT2D eigenvalue weighted by molar-refractivity contribution is -0.115. The van der Waals surface area contributed by atoms with Crippen molar-refractivity contribution in [2.45, 2.75) is 13.3 Å². The number of aromatic amines is 1. The Morgan fingerprint density at radius 1 is 1.21 bits per heavy atom. The van der Waals surface area contributed by atoms with Crippen LogP contribution in [0.2, 0.25) is 0 Å². The molecule has 6 heteroatoms. The number of carbonyl (C=O) groups excluding carboxylic acids is 1. The minimum atomic E-state index is -0.0229. The van der Waals surface area contributed by atoms with Gasteiger partial charge in [0, 0.05) is 21.6 Å². The molecule has 2 aromatic carbocycles. The Balaban J connectivity index is 1.59. The molecule has 2 aromatic heterocycles. The van der Waals surface area contributed by atoms with Gasteiger partial charge in [0.15, 0.2) is 0 Å². The first kappa shape index (κ1) is 18.0. The zero-order valence-electron chi connectivity index (χ0n) is 15.4. The molecule has 140 valence electrons. The smallest absolute Gasteiger partial charge is 0.229 e. The molecular weight excluding hydrogens is 368 g/mol. The molecule has 0 fully saturated rings. The molecule has 0 spiro atoms. The highest BCUT2D eigenvalue weighted by Gasteiger charge is 2.11. The van der Waals surface area contributed by atoms with E-state index in [-0.39, 0.29) is 5.91 Å². The van der Waals surface area contributed by atoms with Crippen LogP contribution in [0.4, 0.5) is 11.4 Å². The number of anilines is 2. The van der Waals surface area contributed by atoms with Gasteiger partial charge in [-0.2, -0.15) is 5.10 Å². The Bertz CT molecular complexity index is 1160. The van der Waals surface area contributed by atoms with E-state index in [1.54, 1.807) is 11.3 Å². The lowest BCUT2D eigenvalue weighted by Crippen LogP contribution is -2.14. The molecule has 28 heavy (non-hydrogen) atoms. The van der Waals surface area contributed by atoms with Gasteiger partial charge in [-0.05, 0) is 59.8 Å².